The van der Waals surface area contributed by atoms with Crippen molar-refractivity contribution in [2.75, 3.05) is 0 Å². The lowest BCUT2D eigenvalue weighted by atomic mass is 9.91. The molecule has 44 heavy (non-hydrogen) atoms. The summed E-state index contributed by atoms with van der Waals surface area (Å²) in [4.78, 5) is 10.5. The lowest BCUT2D eigenvalue weighted by Gasteiger charge is -2.13. The molecule has 7 nitrogen and oxygen atoms in total. The van der Waals surface area contributed by atoms with E-state index >= 15 is 0 Å². The molecule has 5 rings (SSSR count). The van der Waals surface area contributed by atoms with E-state index in [1.54, 1.807) is 24.3 Å². The second-order valence-corrected chi connectivity index (χ2v) is 9.47. The summed E-state index contributed by atoms with van der Waals surface area (Å²) in [5.41, 5.74) is 3.34. The van der Waals surface area contributed by atoms with E-state index in [2.05, 4.69) is 25.3 Å². The minimum atomic E-state index is -4.92. The van der Waals surface area contributed by atoms with Crippen molar-refractivity contribution in [1.29, 1.82) is 15.8 Å². The number of alkyl halides is 3. The Morgan fingerprint density at radius 3 is 1.73 bits per heavy atom. The van der Waals surface area contributed by atoms with E-state index in [0.717, 1.165) is 17.7 Å². The summed E-state index contributed by atoms with van der Waals surface area (Å²) in [6.07, 6.45) is -4.92. The van der Waals surface area contributed by atoms with Crippen LogP contribution in [0.1, 0.15) is 38.9 Å². The van der Waals surface area contributed by atoms with Gasteiger partial charge in [-0.05, 0) is 75.2 Å². The van der Waals surface area contributed by atoms with Crippen LogP contribution in [0.3, 0.4) is 0 Å². The standard InChI is InChI=1S/C34H13F3N6O/c1-18-5-7-20(8-6-18)30-32(28(17-40)42-3)24-14-23-22(13-25(24)33(30)43-4)26(15-38)29(31(23)27(16-39)41-2)19-9-11-21(12-10-19)44-34(35,36)37/h5-14H,1H3/b31-27+,32-28-. The summed E-state index contributed by atoms with van der Waals surface area (Å²) in [7, 11) is 0. The highest BCUT2D eigenvalue weighted by molar-refractivity contribution is 6.29. The first-order chi connectivity index (χ1) is 21.1. The molecule has 10 heteroatoms. The zero-order chi connectivity index (χ0) is 31.8. The first-order valence-corrected chi connectivity index (χ1v) is 12.5. The topological polar surface area (TPSA) is 93.7 Å². The second kappa shape index (κ2) is 10.9. The van der Waals surface area contributed by atoms with Gasteiger partial charge in [0.1, 0.15) is 11.8 Å². The van der Waals surface area contributed by atoms with Crippen molar-refractivity contribution in [2.24, 2.45) is 0 Å². The van der Waals surface area contributed by atoms with Gasteiger partial charge in [-0.15, -0.1) is 13.2 Å². The van der Waals surface area contributed by atoms with E-state index in [9.17, 15) is 29.0 Å². The van der Waals surface area contributed by atoms with Crippen LogP contribution in [-0.4, -0.2) is 6.36 Å². The Hall–Kier alpha value is -6.85. The van der Waals surface area contributed by atoms with Crippen molar-refractivity contribution in [3.05, 3.63) is 145 Å². The van der Waals surface area contributed by atoms with Crippen molar-refractivity contribution in [2.45, 2.75) is 13.3 Å². The number of halogens is 3. The van der Waals surface area contributed by atoms with E-state index in [-0.39, 0.29) is 56.1 Å². The molecule has 0 atom stereocenters. The summed E-state index contributed by atoms with van der Waals surface area (Å²) < 4.78 is 42.2. The maximum Gasteiger partial charge on any atom is 0.573 e. The number of hydrogen-bond donors (Lipinski definition) is 0. The Kier molecular flexibility index (Phi) is 7.07. The molecule has 0 aliphatic heterocycles. The fraction of sp³-hybridized carbons (Fsp3) is 0.0588. The van der Waals surface area contributed by atoms with Crippen molar-refractivity contribution in [1.82, 2.24) is 0 Å². The average molecular weight is 579 g/mol. The maximum absolute atomic E-state index is 12.7. The molecule has 0 unspecified atom stereocenters. The minimum Gasteiger partial charge on any atom is -0.406 e. The van der Waals surface area contributed by atoms with Crippen LogP contribution in [0.15, 0.2) is 72.1 Å². The van der Waals surface area contributed by atoms with Gasteiger partial charge >= 0.3 is 6.36 Å². The van der Waals surface area contributed by atoms with Gasteiger partial charge < -0.3 is 4.74 Å². The van der Waals surface area contributed by atoms with Gasteiger partial charge in [-0.25, -0.2) is 25.1 Å². The highest BCUT2D eigenvalue weighted by Gasteiger charge is 2.37. The van der Waals surface area contributed by atoms with E-state index in [4.69, 9.17) is 19.7 Å². The van der Waals surface area contributed by atoms with Crippen LogP contribution in [0.4, 0.5) is 13.2 Å². The molecule has 0 radical (unpaired) electrons. The average Bonchev–Trinajstić information content (AvgIpc) is 3.49. The van der Waals surface area contributed by atoms with Gasteiger partial charge in [0.05, 0.1) is 37.4 Å². The van der Waals surface area contributed by atoms with Crippen molar-refractivity contribution < 1.29 is 17.9 Å². The second-order valence-electron chi connectivity index (χ2n) is 9.47. The summed E-state index contributed by atoms with van der Waals surface area (Å²) in [5.74, 6) is -0.500. The van der Waals surface area contributed by atoms with Gasteiger partial charge in [0.25, 0.3) is 11.4 Å². The number of hydrogen-bond acceptors (Lipinski definition) is 4. The van der Waals surface area contributed by atoms with Gasteiger partial charge in [-0.3, -0.25) is 0 Å². The number of ether oxygens (including phenoxy) is 1. The number of fused-ring (bicyclic) bond motifs is 2. The van der Waals surface area contributed by atoms with Crippen LogP contribution in [0.5, 0.6) is 5.75 Å². The van der Waals surface area contributed by atoms with E-state index in [0.29, 0.717) is 22.3 Å². The third-order valence-electron chi connectivity index (χ3n) is 7.06. The van der Waals surface area contributed by atoms with Crippen molar-refractivity contribution >= 4 is 33.6 Å². The number of nitriles is 3. The zero-order valence-electron chi connectivity index (χ0n) is 22.5. The van der Waals surface area contributed by atoms with E-state index in [1.165, 1.54) is 12.1 Å². The van der Waals surface area contributed by atoms with E-state index in [1.807, 2.05) is 31.2 Å². The fourth-order valence-corrected chi connectivity index (χ4v) is 5.31. The Morgan fingerprint density at radius 1 is 0.727 bits per heavy atom. The predicted molar refractivity (Wildman–Crippen MR) is 155 cm³/mol. The molecule has 0 aromatic heterocycles. The molecule has 0 heterocycles. The molecule has 0 saturated carbocycles. The van der Waals surface area contributed by atoms with Crippen LogP contribution in [0.25, 0.3) is 48.1 Å². The Morgan fingerprint density at radius 2 is 1.23 bits per heavy atom. The van der Waals surface area contributed by atoms with Crippen molar-refractivity contribution in [3.8, 4) is 24.0 Å². The quantitative estimate of drug-likeness (QED) is 0.230. The smallest absolute Gasteiger partial charge is 0.406 e. The molecule has 0 N–H and O–H groups in total. The molecule has 206 valence electrons. The molecular formula is C34H13F3N6O. The van der Waals surface area contributed by atoms with Gasteiger partial charge in [-0.1, -0.05) is 48.0 Å². The zero-order valence-corrected chi connectivity index (χ0v) is 22.5. The molecule has 0 bridgehead atoms. The SMILES string of the molecule is [C-]#[N+]C1=C(c2ccc(C)cc2)/C(=C(/C#N)[N+]#[C-])c2cc3c(cc21)C(C#N)=C(c1ccc(OC(F)(F)F)cc1)/C3=C(\C#N)[N+]#[C-]. The first-order valence-electron chi connectivity index (χ1n) is 12.5. The number of allylic oxidation sites excluding steroid dienone is 7. The summed E-state index contributed by atoms with van der Waals surface area (Å²) >= 11 is 0. The van der Waals surface area contributed by atoms with Gasteiger partial charge in [0, 0.05) is 5.57 Å². The summed E-state index contributed by atoms with van der Waals surface area (Å²) in [6.45, 7) is 25.3. The van der Waals surface area contributed by atoms with E-state index < -0.39 is 12.1 Å². The lowest BCUT2D eigenvalue weighted by Crippen LogP contribution is -2.17. The number of nitrogens with zero attached hydrogens (tertiary/aromatic N) is 6. The normalized spacial score (nSPS) is 15.5. The Bertz CT molecular complexity index is 2140. The fourth-order valence-electron chi connectivity index (χ4n) is 5.31. The van der Waals surface area contributed by atoms with Crippen molar-refractivity contribution in [3.63, 3.8) is 0 Å². The van der Waals surface area contributed by atoms with Gasteiger partial charge in [0.15, 0.2) is 0 Å². The molecule has 0 amide bonds. The molecule has 2 aliphatic carbocycles. The summed E-state index contributed by atoms with van der Waals surface area (Å²) in [5, 5.41) is 30.1. The van der Waals surface area contributed by atoms with Crippen LogP contribution in [-0.2, 0) is 0 Å². The highest BCUT2D eigenvalue weighted by atomic mass is 19.4. The molecule has 0 fully saturated rings. The number of benzene rings is 3. The van der Waals surface area contributed by atoms with Gasteiger partial charge in [0.2, 0.25) is 5.70 Å². The molecule has 0 saturated heterocycles. The number of rotatable bonds is 3. The third kappa shape index (κ3) is 4.62. The first kappa shape index (κ1) is 28.7. The predicted octanol–water partition coefficient (Wildman–Crippen LogP) is 8.45. The monoisotopic (exact) mass is 578 g/mol. The molecule has 0 spiro atoms. The maximum atomic E-state index is 12.7. The molecule has 2 aliphatic rings. The number of aryl methyl sites for hydroxylation is 1. The third-order valence-corrected chi connectivity index (χ3v) is 7.06. The lowest BCUT2D eigenvalue weighted by molar-refractivity contribution is -0.274. The minimum absolute atomic E-state index is 0.0306. The largest absolute Gasteiger partial charge is 0.573 e. The van der Waals surface area contributed by atoms with Crippen LogP contribution in [0, 0.1) is 60.6 Å². The van der Waals surface area contributed by atoms with Gasteiger partial charge in [-0.2, -0.15) is 5.26 Å². The van der Waals surface area contributed by atoms with Crippen LogP contribution in [0.2, 0.25) is 0 Å². The molecular weight excluding hydrogens is 565 g/mol. The van der Waals surface area contributed by atoms with Crippen LogP contribution >= 0.6 is 0 Å². The summed E-state index contributed by atoms with van der Waals surface area (Å²) in [6, 6.07) is 20.9. The molecule has 3 aromatic carbocycles. The van der Waals surface area contributed by atoms with Crippen LogP contribution < -0.4 is 4.74 Å². The Balaban J connectivity index is 1.85. The Labute approximate surface area is 249 Å². The molecule has 3 aromatic rings. The highest BCUT2D eigenvalue weighted by Crippen LogP contribution is 2.55.